The van der Waals surface area contributed by atoms with Gasteiger partial charge in [0.1, 0.15) is 11.5 Å². The van der Waals surface area contributed by atoms with Crippen LogP contribution in [0.15, 0.2) is 53.6 Å². The number of ether oxygens (including phenoxy) is 1. The van der Waals surface area contributed by atoms with Crippen LogP contribution in [0.2, 0.25) is 5.02 Å². The second-order valence-electron chi connectivity index (χ2n) is 4.44. The van der Waals surface area contributed by atoms with E-state index in [9.17, 15) is 4.79 Å². The molecule has 6 heteroatoms. The van der Waals surface area contributed by atoms with E-state index >= 15 is 0 Å². The lowest BCUT2D eigenvalue weighted by Gasteiger charge is -2.12. The Hall–Kier alpha value is -2.53. The molecule has 0 radical (unpaired) electrons. The van der Waals surface area contributed by atoms with Crippen molar-refractivity contribution in [1.29, 1.82) is 0 Å². The fraction of sp³-hybridized carbons (Fsp3) is 0.125. The molecule has 0 spiro atoms. The second-order valence-corrected chi connectivity index (χ2v) is 4.88. The Morgan fingerprint density at radius 3 is 2.55 bits per heavy atom. The van der Waals surface area contributed by atoms with Gasteiger partial charge in [0.2, 0.25) is 0 Å². The third kappa shape index (κ3) is 4.23. The highest BCUT2D eigenvalue weighted by Gasteiger charge is 2.10. The number of nitrogens with two attached hydrogens (primary N) is 1. The lowest BCUT2D eigenvalue weighted by Crippen LogP contribution is -2.26. The maximum Gasteiger partial charge on any atom is 0.332 e. The van der Waals surface area contributed by atoms with E-state index < -0.39 is 6.03 Å². The molecule has 114 valence electrons. The summed E-state index contributed by atoms with van der Waals surface area (Å²) in [6, 6.07) is 13.8. The topological polar surface area (TPSA) is 76.7 Å². The van der Waals surface area contributed by atoms with Crippen molar-refractivity contribution in [3.05, 3.63) is 59.1 Å². The molecular weight excluding hydrogens is 302 g/mol. The minimum atomic E-state index is -0.706. The van der Waals surface area contributed by atoms with Crippen LogP contribution in [0.5, 0.6) is 11.5 Å². The lowest BCUT2D eigenvalue weighted by atomic mass is 10.1. The number of primary amides is 1. The molecule has 0 unspecified atom stereocenters. The Morgan fingerprint density at radius 1 is 1.23 bits per heavy atom. The number of hydrogen-bond acceptors (Lipinski definition) is 3. The van der Waals surface area contributed by atoms with Gasteiger partial charge < -0.3 is 10.5 Å². The average molecular weight is 318 g/mol. The largest absolute Gasteiger partial charge is 0.457 e. The van der Waals surface area contributed by atoms with Crippen LogP contribution in [0.25, 0.3) is 0 Å². The molecule has 2 aromatic carbocycles. The van der Waals surface area contributed by atoms with E-state index in [0.29, 0.717) is 28.7 Å². The van der Waals surface area contributed by atoms with Crippen molar-refractivity contribution < 1.29 is 9.53 Å². The molecule has 2 amide bonds. The quantitative estimate of drug-likeness (QED) is 0.647. The van der Waals surface area contributed by atoms with Gasteiger partial charge in [-0.1, -0.05) is 30.7 Å². The second kappa shape index (κ2) is 7.47. The highest BCUT2D eigenvalue weighted by atomic mass is 35.5. The van der Waals surface area contributed by atoms with Crippen molar-refractivity contribution in [3.63, 3.8) is 0 Å². The number of halogens is 1. The number of nitrogens with zero attached hydrogens (tertiary/aromatic N) is 1. The smallest absolute Gasteiger partial charge is 0.332 e. The zero-order chi connectivity index (χ0) is 15.9. The van der Waals surface area contributed by atoms with Crippen molar-refractivity contribution in [2.24, 2.45) is 10.8 Å². The van der Waals surface area contributed by atoms with Gasteiger partial charge in [0.05, 0.1) is 5.71 Å². The van der Waals surface area contributed by atoms with Crippen LogP contribution >= 0.6 is 11.6 Å². The molecule has 0 saturated carbocycles. The van der Waals surface area contributed by atoms with Crippen LogP contribution in [0.1, 0.15) is 18.9 Å². The summed E-state index contributed by atoms with van der Waals surface area (Å²) in [5, 5.41) is 4.66. The number of nitrogens with one attached hydrogen (secondary N) is 1. The first-order valence-electron chi connectivity index (χ1n) is 6.75. The number of carbonyl (C=O) groups excluding carboxylic acids is 1. The summed E-state index contributed by atoms with van der Waals surface area (Å²) in [5.74, 6) is 1.30. The van der Waals surface area contributed by atoms with E-state index in [0.717, 1.165) is 5.56 Å². The molecule has 0 aromatic heterocycles. The Bertz CT molecular complexity index is 684. The van der Waals surface area contributed by atoms with Gasteiger partial charge in [0.15, 0.2) is 0 Å². The number of rotatable bonds is 5. The highest BCUT2D eigenvalue weighted by Crippen LogP contribution is 2.27. The van der Waals surface area contributed by atoms with Crippen molar-refractivity contribution >= 4 is 23.3 Å². The molecule has 0 heterocycles. The minimum Gasteiger partial charge on any atom is -0.457 e. The lowest BCUT2D eigenvalue weighted by molar-refractivity contribution is 0.249. The third-order valence-electron chi connectivity index (χ3n) is 2.88. The molecule has 3 N–H and O–H groups in total. The molecule has 2 aromatic rings. The number of carbonyl (C=O) groups is 1. The van der Waals surface area contributed by atoms with Gasteiger partial charge in [-0.25, -0.2) is 10.2 Å². The summed E-state index contributed by atoms with van der Waals surface area (Å²) in [5.41, 5.74) is 8.75. The normalized spacial score (nSPS) is 11.1. The maximum absolute atomic E-state index is 10.8. The number of para-hydroxylation sites is 1. The number of hydrogen-bond donors (Lipinski definition) is 2. The minimum absolute atomic E-state index is 0.612. The number of hydrazone groups is 1. The number of benzene rings is 2. The monoisotopic (exact) mass is 317 g/mol. The van der Waals surface area contributed by atoms with Gasteiger partial charge >= 0.3 is 6.03 Å². The summed E-state index contributed by atoms with van der Waals surface area (Å²) in [4.78, 5) is 10.8. The Labute approximate surface area is 133 Å². The van der Waals surface area contributed by atoms with Crippen molar-refractivity contribution in [3.8, 4) is 11.5 Å². The molecule has 0 atom stereocenters. The van der Waals surface area contributed by atoms with E-state index in [2.05, 4.69) is 10.5 Å². The summed E-state index contributed by atoms with van der Waals surface area (Å²) in [6.07, 6.45) is 0.612. The van der Waals surface area contributed by atoms with Crippen molar-refractivity contribution in [2.75, 3.05) is 0 Å². The maximum atomic E-state index is 10.8. The summed E-state index contributed by atoms with van der Waals surface area (Å²) in [6.45, 7) is 1.93. The zero-order valence-corrected chi connectivity index (χ0v) is 12.8. The molecule has 0 fully saturated rings. The first-order valence-corrected chi connectivity index (χ1v) is 7.12. The van der Waals surface area contributed by atoms with Gasteiger partial charge in [0, 0.05) is 10.6 Å². The Morgan fingerprint density at radius 2 is 1.91 bits per heavy atom. The molecule has 5 nitrogen and oxygen atoms in total. The van der Waals surface area contributed by atoms with E-state index in [4.69, 9.17) is 22.1 Å². The standard InChI is InChI=1S/C16H16ClN3O2/c1-2-14(19-20-16(18)21)13-5-3-4-6-15(13)22-12-9-7-11(17)8-10-12/h3-10H,2H2,1H3,(H3,18,20,21)/b19-14+. The van der Waals surface area contributed by atoms with Crippen LogP contribution in [0.3, 0.4) is 0 Å². The summed E-state index contributed by atoms with van der Waals surface area (Å²) < 4.78 is 5.87. The number of urea groups is 1. The predicted molar refractivity (Wildman–Crippen MR) is 87.5 cm³/mol. The van der Waals surface area contributed by atoms with Crippen molar-refractivity contribution in [1.82, 2.24) is 5.43 Å². The van der Waals surface area contributed by atoms with E-state index in [1.54, 1.807) is 24.3 Å². The predicted octanol–water partition coefficient (Wildman–Crippen LogP) is 3.91. The van der Waals surface area contributed by atoms with Crippen LogP contribution in [0, 0.1) is 0 Å². The van der Waals surface area contributed by atoms with E-state index in [-0.39, 0.29) is 0 Å². The molecule has 0 bridgehead atoms. The van der Waals surface area contributed by atoms with E-state index in [1.807, 2.05) is 31.2 Å². The van der Waals surface area contributed by atoms with Gasteiger partial charge in [-0.3, -0.25) is 0 Å². The SMILES string of the molecule is CC/C(=N\NC(N)=O)c1ccccc1Oc1ccc(Cl)cc1. The van der Waals surface area contributed by atoms with Gasteiger partial charge in [-0.15, -0.1) is 0 Å². The number of amides is 2. The molecule has 0 saturated heterocycles. The Kier molecular flexibility index (Phi) is 5.38. The molecule has 0 aliphatic heterocycles. The van der Waals surface area contributed by atoms with Crippen molar-refractivity contribution in [2.45, 2.75) is 13.3 Å². The van der Waals surface area contributed by atoms with E-state index in [1.165, 1.54) is 0 Å². The summed E-state index contributed by atoms with van der Waals surface area (Å²) in [7, 11) is 0. The average Bonchev–Trinajstić information content (AvgIpc) is 2.51. The van der Waals surface area contributed by atoms with Gasteiger partial charge in [-0.2, -0.15) is 5.10 Å². The molecule has 22 heavy (non-hydrogen) atoms. The highest BCUT2D eigenvalue weighted by molar-refractivity contribution is 6.30. The zero-order valence-electron chi connectivity index (χ0n) is 12.0. The van der Waals surface area contributed by atoms with Gasteiger partial charge in [-0.05, 0) is 42.8 Å². The van der Waals surface area contributed by atoms with Gasteiger partial charge in [0.25, 0.3) is 0 Å². The van der Waals surface area contributed by atoms with Crippen LogP contribution in [-0.2, 0) is 0 Å². The summed E-state index contributed by atoms with van der Waals surface area (Å²) >= 11 is 5.86. The first-order chi connectivity index (χ1) is 10.6. The molecule has 0 aliphatic rings. The van der Waals surface area contributed by atoms with Crippen LogP contribution in [0.4, 0.5) is 4.79 Å². The first kappa shape index (κ1) is 15.9. The molecular formula is C16H16ClN3O2. The Balaban J connectivity index is 2.31. The fourth-order valence-electron chi connectivity index (χ4n) is 1.88. The van der Waals surface area contributed by atoms with Crippen LogP contribution in [-0.4, -0.2) is 11.7 Å². The third-order valence-corrected chi connectivity index (χ3v) is 3.13. The van der Waals surface area contributed by atoms with Crippen LogP contribution < -0.4 is 15.9 Å². The molecule has 0 aliphatic carbocycles. The molecule has 2 rings (SSSR count). The fourth-order valence-corrected chi connectivity index (χ4v) is 2.00.